The van der Waals surface area contributed by atoms with Crippen LogP contribution in [-0.2, 0) is 21.3 Å². The Bertz CT molecular complexity index is 521. The molecule has 0 unspecified atom stereocenters. The molecule has 0 saturated carbocycles. The molecular weight excluding hydrogens is 218 g/mol. The predicted molar refractivity (Wildman–Crippen MR) is 53.2 cm³/mol. The lowest BCUT2D eigenvalue weighted by molar-refractivity contribution is -0.116. The van der Waals surface area contributed by atoms with E-state index in [2.05, 4.69) is 5.32 Å². The average molecular weight is 227 g/mol. The monoisotopic (exact) mass is 227 g/mol. The molecule has 2 N–H and O–H groups in total. The van der Waals surface area contributed by atoms with E-state index in [4.69, 9.17) is 4.55 Å². The number of amides is 1. The summed E-state index contributed by atoms with van der Waals surface area (Å²) in [6.07, 6.45) is 0.566. The summed E-state index contributed by atoms with van der Waals surface area (Å²) in [5, 5.41) is 2.56. The first-order valence-electron chi connectivity index (χ1n) is 4.38. The van der Waals surface area contributed by atoms with Crippen molar-refractivity contribution in [2.75, 3.05) is 5.32 Å². The van der Waals surface area contributed by atoms with Gasteiger partial charge < -0.3 is 5.32 Å². The van der Waals surface area contributed by atoms with Gasteiger partial charge in [0.15, 0.2) is 0 Å². The van der Waals surface area contributed by atoms with Crippen LogP contribution in [-0.4, -0.2) is 18.9 Å². The minimum absolute atomic E-state index is 0.125. The summed E-state index contributed by atoms with van der Waals surface area (Å²) in [6, 6.07) is 4.42. The second-order valence-electron chi connectivity index (χ2n) is 3.31. The molecule has 15 heavy (non-hydrogen) atoms. The molecule has 0 saturated heterocycles. The van der Waals surface area contributed by atoms with Gasteiger partial charge in [-0.2, -0.15) is 8.42 Å². The third kappa shape index (κ3) is 1.86. The molecule has 1 heterocycles. The zero-order valence-electron chi connectivity index (χ0n) is 7.73. The van der Waals surface area contributed by atoms with Crippen molar-refractivity contribution in [2.45, 2.75) is 17.7 Å². The molecule has 0 spiro atoms. The summed E-state index contributed by atoms with van der Waals surface area (Å²) in [5.74, 6) is -0.144. The normalized spacial score (nSPS) is 15.7. The van der Waals surface area contributed by atoms with Crippen LogP contribution in [0.1, 0.15) is 12.0 Å². The first-order valence-corrected chi connectivity index (χ1v) is 5.82. The molecule has 1 aromatic carbocycles. The first-order chi connectivity index (χ1) is 6.98. The van der Waals surface area contributed by atoms with Crippen LogP contribution in [0.15, 0.2) is 23.1 Å². The maximum absolute atomic E-state index is 11.1. The highest BCUT2D eigenvalue weighted by Gasteiger charge is 2.22. The molecule has 2 rings (SSSR count). The second-order valence-corrected chi connectivity index (χ2v) is 4.70. The molecule has 0 radical (unpaired) electrons. The van der Waals surface area contributed by atoms with Gasteiger partial charge in [0.2, 0.25) is 5.91 Å². The van der Waals surface area contributed by atoms with E-state index in [-0.39, 0.29) is 17.2 Å². The molecule has 6 heteroatoms. The minimum Gasteiger partial charge on any atom is -0.326 e. The van der Waals surface area contributed by atoms with Crippen molar-refractivity contribution < 1.29 is 17.8 Å². The van der Waals surface area contributed by atoms with Gasteiger partial charge in [-0.25, -0.2) is 0 Å². The molecule has 0 aromatic heterocycles. The van der Waals surface area contributed by atoms with E-state index in [1.165, 1.54) is 12.1 Å². The summed E-state index contributed by atoms with van der Waals surface area (Å²) in [7, 11) is -4.21. The number of carbonyl (C=O) groups is 1. The molecule has 1 aromatic rings. The average Bonchev–Trinajstić information content (AvgIpc) is 2.15. The van der Waals surface area contributed by atoms with Crippen LogP contribution in [0.4, 0.5) is 5.69 Å². The fourth-order valence-electron chi connectivity index (χ4n) is 1.63. The number of rotatable bonds is 1. The maximum Gasteiger partial charge on any atom is 0.294 e. The van der Waals surface area contributed by atoms with Crippen LogP contribution >= 0.6 is 0 Å². The van der Waals surface area contributed by atoms with Crippen molar-refractivity contribution in [2.24, 2.45) is 0 Å². The van der Waals surface area contributed by atoms with E-state index in [0.29, 0.717) is 17.7 Å². The van der Waals surface area contributed by atoms with Gasteiger partial charge in [0.1, 0.15) is 0 Å². The van der Waals surface area contributed by atoms with E-state index >= 15 is 0 Å². The van der Waals surface area contributed by atoms with Crippen LogP contribution in [0.3, 0.4) is 0 Å². The van der Waals surface area contributed by atoms with Crippen LogP contribution in [0.25, 0.3) is 0 Å². The molecule has 1 aliphatic heterocycles. The number of nitrogens with one attached hydrogen (secondary N) is 1. The molecular formula is C9H9NO4S. The van der Waals surface area contributed by atoms with Gasteiger partial charge >= 0.3 is 0 Å². The predicted octanol–water partition coefficient (Wildman–Crippen LogP) is 0.818. The Hall–Kier alpha value is -1.40. The van der Waals surface area contributed by atoms with E-state index < -0.39 is 10.1 Å². The van der Waals surface area contributed by atoms with E-state index in [0.717, 1.165) is 0 Å². The highest BCUT2D eigenvalue weighted by molar-refractivity contribution is 7.85. The smallest absolute Gasteiger partial charge is 0.294 e. The van der Waals surface area contributed by atoms with Crippen LogP contribution in [0.2, 0.25) is 0 Å². The number of carbonyl (C=O) groups excluding carboxylic acids is 1. The van der Waals surface area contributed by atoms with E-state index in [1.807, 2.05) is 0 Å². The highest BCUT2D eigenvalue weighted by Crippen LogP contribution is 2.28. The molecule has 0 bridgehead atoms. The summed E-state index contributed by atoms with van der Waals surface area (Å²) >= 11 is 0. The number of hydrogen-bond acceptors (Lipinski definition) is 3. The van der Waals surface area contributed by atoms with Gasteiger partial charge in [0.05, 0.1) is 4.90 Å². The van der Waals surface area contributed by atoms with Gasteiger partial charge in [0, 0.05) is 12.1 Å². The number of benzene rings is 1. The zero-order chi connectivity index (χ0) is 11.1. The maximum atomic E-state index is 11.1. The Labute approximate surface area is 86.9 Å². The number of fused-ring (bicyclic) bond motifs is 1. The molecule has 0 aliphatic carbocycles. The van der Waals surface area contributed by atoms with Gasteiger partial charge in [-0.1, -0.05) is 6.07 Å². The third-order valence-corrected chi connectivity index (χ3v) is 3.23. The Balaban J connectivity index is 2.61. The number of anilines is 1. The summed E-state index contributed by atoms with van der Waals surface area (Å²) in [4.78, 5) is 10.9. The first kappa shape index (κ1) is 10.1. The third-order valence-electron chi connectivity index (χ3n) is 2.29. The SMILES string of the molecule is O=C1CCc2c(cccc2S(=O)(=O)O)N1. The van der Waals surface area contributed by atoms with Crippen molar-refractivity contribution in [3.8, 4) is 0 Å². The van der Waals surface area contributed by atoms with Crippen molar-refractivity contribution in [1.82, 2.24) is 0 Å². The van der Waals surface area contributed by atoms with Gasteiger partial charge in [-0.15, -0.1) is 0 Å². The summed E-state index contributed by atoms with van der Waals surface area (Å²) in [5.41, 5.74) is 0.931. The van der Waals surface area contributed by atoms with Crippen LogP contribution in [0.5, 0.6) is 0 Å². The highest BCUT2D eigenvalue weighted by atomic mass is 32.2. The standard InChI is InChI=1S/C9H9NO4S/c11-9-5-4-6-7(10-9)2-1-3-8(6)15(12,13)14/h1-3H,4-5H2,(H,10,11)(H,12,13,14). The molecule has 1 aliphatic rings. The van der Waals surface area contributed by atoms with Gasteiger partial charge in [0.25, 0.3) is 10.1 Å². The summed E-state index contributed by atoms with van der Waals surface area (Å²) < 4.78 is 31.0. The quantitative estimate of drug-likeness (QED) is 0.696. The van der Waals surface area contributed by atoms with Crippen molar-refractivity contribution >= 4 is 21.7 Å². The topological polar surface area (TPSA) is 83.5 Å². The zero-order valence-corrected chi connectivity index (χ0v) is 8.54. The number of hydrogen-bond donors (Lipinski definition) is 2. The lowest BCUT2D eigenvalue weighted by Gasteiger charge is -2.18. The Morgan fingerprint density at radius 2 is 2.00 bits per heavy atom. The molecule has 5 nitrogen and oxygen atoms in total. The Kier molecular flexibility index (Phi) is 2.24. The largest absolute Gasteiger partial charge is 0.326 e. The van der Waals surface area contributed by atoms with Crippen LogP contribution < -0.4 is 5.32 Å². The lowest BCUT2D eigenvalue weighted by atomic mass is 10.0. The fraction of sp³-hybridized carbons (Fsp3) is 0.222. The minimum atomic E-state index is -4.21. The van der Waals surface area contributed by atoms with Gasteiger partial charge in [-0.3, -0.25) is 9.35 Å². The molecule has 1 amide bonds. The van der Waals surface area contributed by atoms with Crippen molar-refractivity contribution in [3.63, 3.8) is 0 Å². The Morgan fingerprint density at radius 3 is 2.67 bits per heavy atom. The van der Waals surface area contributed by atoms with Crippen LogP contribution in [0, 0.1) is 0 Å². The Morgan fingerprint density at radius 1 is 1.27 bits per heavy atom. The summed E-state index contributed by atoms with van der Waals surface area (Å²) in [6.45, 7) is 0. The van der Waals surface area contributed by atoms with E-state index in [1.54, 1.807) is 6.07 Å². The van der Waals surface area contributed by atoms with Crippen molar-refractivity contribution in [3.05, 3.63) is 23.8 Å². The molecule has 0 fully saturated rings. The van der Waals surface area contributed by atoms with Crippen molar-refractivity contribution in [1.29, 1.82) is 0 Å². The van der Waals surface area contributed by atoms with E-state index in [9.17, 15) is 13.2 Å². The molecule has 0 atom stereocenters. The fourth-order valence-corrected chi connectivity index (χ4v) is 2.41. The lowest BCUT2D eigenvalue weighted by Crippen LogP contribution is -2.20. The van der Waals surface area contributed by atoms with Gasteiger partial charge in [-0.05, 0) is 24.1 Å². The molecule has 80 valence electrons. The second kappa shape index (κ2) is 3.32.